The van der Waals surface area contributed by atoms with Gasteiger partial charge in [-0.15, -0.1) is 0 Å². The van der Waals surface area contributed by atoms with Crippen LogP contribution < -0.4 is 0 Å². The predicted octanol–water partition coefficient (Wildman–Crippen LogP) is 4.45. The molecule has 0 spiro atoms. The first-order valence-electron chi connectivity index (χ1n) is 8.67. The fourth-order valence-corrected chi connectivity index (χ4v) is 2.76. The zero-order valence-corrected chi connectivity index (χ0v) is 16.3. The Kier molecular flexibility index (Phi) is 15.9. The quantitative estimate of drug-likeness (QED) is 0.231. The van der Waals surface area contributed by atoms with Crippen LogP contribution >= 0.6 is 0 Å². The number of nitrogens with zero attached hydrogens (tertiary/aromatic N) is 1. The molecule has 0 bridgehead atoms. The van der Waals surface area contributed by atoms with Gasteiger partial charge in [-0.25, -0.2) is 0 Å². The van der Waals surface area contributed by atoms with Gasteiger partial charge in [-0.05, 0) is 18.6 Å². The fourth-order valence-electron chi connectivity index (χ4n) is 2.19. The van der Waals surface area contributed by atoms with E-state index >= 15 is 0 Å². The molecule has 0 saturated carbocycles. The van der Waals surface area contributed by atoms with Crippen LogP contribution in [0.5, 0.6) is 0 Å². The van der Waals surface area contributed by atoms with Crippen molar-refractivity contribution in [3.63, 3.8) is 0 Å². The van der Waals surface area contributed by atoms with Gasteiger partial charge >= 0.3 is 0 Å². The molecule has 0 aliphatic heterocycles. The lowest BCUT2D eigenvalue weighted by atomic mass is 10.1. The van der Waals surface area contributed by atoms with Crippen molar-refractivity contribution in [3.8, 4) is 0 Å². The van der Waals surface area contributed by atoms with Crippen molar-refractivity contribution in [2.75, 3.05) is 32.9 Å². The van der Waals surface area contributed by atoms with Gasteiger partial charge in [0, 0.05) is 0 Å². The Morgan fingerprint density at radius 3 is 1.61 bits per heavy atom. The van der Waals surface area contributed by atoms with E-state index in [-0.39, 0.29) is 5.75 Å². The molecule has 0 aromatic rings. The van der Waals surface area contributed by atoms with E-state index < -0.39 is 10.1 Å². The van der Waals surface area contributed by atoms with Gasteiger partial charge in [-0.2, -0.15) is 8.42 Å². The third kappa shape index (κ3) is 23.7. The predicted molar refractivity (Wildman–Crippen MR) is 101 cm³/mol. The molecule has 0 aliphatic carbocycles. The van der Waals surface area contributed by atoms with Gasteiger partial charge in [0.25, 0.3) is 10.1 Å². The molecule has 0 aromatic heterocycles. The zero-order valence-electron chi connectivity index (χ0n) is 15.5. The van der Waals surface area contributed by atoms with Gasteiger partial charge in [0.05, 0.1) is 32.9 Å². The third-order valence-corrected chi connectivity index (χ3v) is 4.31. The van der Waals surface area contributed by atoms with Crippen LogP contribution in [0.2, 0.25) is 0 Å². The van der Waals surface area contributed by atoms with Gasteiger partial charge < -0.3 is 4.48 Å². The summed E-state index contributed by atoms with van der Waals surface area (Å²) < 4.78 is 30.1. The molecule has 1 N–H and O–H groups in total. The number of hydrogen-bond acceptors (Lipinski definition) is 2. The molecule has 0 rings (SSSR count). The normalized spacial score (nSPS) is 11.5. The lowest BCUT2D eigenvalue weighted by Crippen LogP contribution is -2.39. The Bertz CT molecular complexity index is 377. The highest BCUT2D eigenvalue weighted by Crippen LogP contribution is 2.08. The zero-order chi connectivity index (χ0) is 18.2. The molecule has 0 aliphatic rings. The van der Waals surface area contributed by atoms with Crippen LogP contribution in [-0.2, 0) is 10.1 Å². The van der Waals surface area contributed by atoms with Gasteiger partial charge in [-0.1, -0.05) is 65.0 Å². The Balaban J connectivity index is 0. The van der Waals surface area contributed by atoms with E-state index in [4.69, 9.17) is 4.55 Å². The van der Waals surface area contributed by atoms with Gasteiger partial charge in [0.2, 0.25) is 0 Å². The lowest BCUT2D eigenvalue weighted by molar-refractivity contribution is -0.878. The molecule has 4 nitrogen and oxygen atoms in total. The van der Waals surface area contributed by atoms with Crippen LogP contribution in [0.4, 0.5) is 0 Å². The molecule has 0 amide bonds. The monoisotopic (exact) mass is 348 g/mol. The average Bonchev–Trinajstić information content (AvgIpc) is 2.41. The summed E-state index contributed by atoms with van der Waals surface area (Å²) in [4.78, 5) is 0. The van der Waals surface area contributed by atoms with Gasteiger partial charge in [0.15, 0.2) is 0 Å². The third-order valence-electron chi connectivity index (χ3n) is 3.50. The van der Waals surface area contributed by atoms with E-state index in [9.17, 15) is 8.42 Å². The summed E-state index contributed by atoms with van der Waals surface area (Å²) in [7, 11) is 0.587. The molecule has 0 unspecified atom stereocenters. The summed E-state index contributed by atoms with van der Waals surface area (Å²) in [5, 5.41) is 0. The highest BCUT2D eigenvalue weighted by molar-refractivity contribution is 7.85. The van der Waals surface area contributed by atoms with Crippen molar-refractivity contribution in [1.29, 1.82) is 0 Å². The molecule has 0 radical (unpaired) electrons. The number of likely N-dealkylation sites (N-methyl/N-ethyl adjacent to an activating group) is 1. The average molecular weight is 349 g/mol. The Morgan fingerprint density at radius 2 is 1.26 bits per heavy atom. The van der Waals surface area contributed by atoms with Crippen LogP contribution in [0.1, 0.15) is 58.3 Å². The van der Waals surface area contributed by atoms with E-state index in [0.717, 1.165) is 30.4 Å². The van der Waals surface area contributed by atoms with E-state index in [1.54, 1.807) is 0 Å². The van der Waals surface area contributed by atoms with Gasteiger partial charge in [0.1, 0.15) is 0 Å². The largest absolute Gasteiger partial charge is 0.322 e. The van der Waals surface area contributed by atoms with Crippen LogP contribution in [0.15, 0.2) is 25.3 Å². The number of rotatable bonds is 13. The molecule has 5 heteroatoms. The van der Waals surface area contributed by atoms with Crippen molar-refractivity contribution in [1.82, 2.24) is 0 Å². The standard InChI is InChI=1S/C10H22O3S.C8H16N/c1-2-3-4-5-6-7-8-9-10-14(11,12)13;1-5-7-9(3,4)8-6-2/h2-10H2,1H3,(H,11,12,13);5-6H,1-2,7-8H2,3-4H3/q;+1. The second-order valence-electron chi connectivity index (χ2n) is 6.64. The van der Waals surface area contributed by atoms with Crippen molar-refractivity contribution in [2.45, 2.75) is 58.3 Å². The van der Waals surface area contributed by atoms with E-state index in [0.29, 0.717) is 6.42 Å². The minimum Gasteiger partial charge on any atom is -0.322 e. The highest BCUT2D eigenvalue weighted by Gasteiger charge is 2.07. The molecule has 23 heavy (non-hydrogen) atoms. The first-order chi connectivity index (χ1) is 10.7. The first-order valence-corrected chi connectivity index (χ1v) is 10.3. The maximum Gasteiger partial charge on any atom is 0.264 e. The minimum absolute atomic E-state index is 0.0814. The lowest BCUT2D eigenvalue weighted by Gasteiger charge is -2.26. The van der Waals surface area contributed by atoms with Crippen LogP contribution in [0, 0.1) is 0 Å². The Labute approximate surface area is 144 Å². The Morgan fingerprint density at radius 1 is 0.870 bits per heavy atom. The SMILES string of the molecule is C=CC[N+](C)(C)CC=C.CCCCCCCCCCS(=O)(=O)O. The molecule has 138 valence electrons. The van der Waals surface area contributed by atoms with E-state index in [2.05, 4.69) is 34.2 Å². The number of quaternary nitrogens is 1. The minimum atomic E-state index is -3.73. The molecular formula is C18H38NO3S+. The summed E-state index contributed by atoms with van der Waals surface area (Å²) in [5.41, 5.74) is 0. The summed E-state index contributed by atoms with van der Waals surface area (Å²) >= 11 is 0. The fraction of sp³-hybridized carbons (Fsp3) is 0.778. The number of hydrogen-bond donors (Lipinski definition) is 1. The van der Waals surface area contributed by atoms with Crippen LogP contribution in [0.3, 0.4) is 0 Å². The molecule has 0 heterocycles. The van der Waals surface area contributed by atoms with Crippen molar-refractivity contribution >= 4 is 10.1 Å². The molecular weight excluding hydrogens is 310 g/mol. The Hall–Kier alpha value is -0.650. The molecule has 0 saturated heterocycles. The topological polar surface area (TPSA) is 54.4 Å². The maximum absolute atomic E-state index is 10.4. The molecule has 0 fully saturated rings. The number of unbranched alkanes of at least 4 members (excludes halogenated alkanes) is 7. The van der Waals surface area contributed by atoms with Crippen LogP contribution in [0.25, 0.3) is 0 Å². The summed E-state index contributed by atoms with van der Waals surface area (Å²) in [6, 6.07) is 0. The van der Waals surface area contributed by atoms with Crippen molar-refractivity contribution in [3.05, 3.63) is 25.3 Å². The van der Waals surface area contributed by atoms with Crippen molar-refractivity contribution < 1.29 is 17.5 Å². The second-order valence-corrected chi connectivity index (χ2v) is 8.21. The summed E-state index contributed by atoms with van der Waals surface area (Å²) in [6.07, 6.45) is 12.7. The van der Waals surface area contributed by atoms with Crippen molar-refractivity contribution in [2.24, 2.45) is 0 Å². The molecule has 0 atom stereocenters. The smallest absolute Gasteiger partial charge is 0.264 e. The summed E-state index contributed by atoms with van der Waals surface area (Å²) in [6.45, 7) is 11.6. The first kappa shape index (κ1) is 24.6. The maximum atomic E-state index is 10.4. The van der Waals surface area contributed by atoms with Gasteiger partial charge in [-0.3, -0.25) is 4.55 Å². The summed E-state index contributed by atoms with van der Waals surface area (Å²) in [5.74, 6) is -0.0814. The highest BCUT2D eigenvalue weighted by atomic mass is 32.2. The van der Waals surface area contributed by atoms with E-state index in [1.807, 2.05) is 12.2 Å². The van der Waals surface area contributed by atoms with E-state index in [1.165, 1.54) is 32.1 Å². The van der Waals surface area contributed by atoms with Crippen LogP contribution in [-0.4, -0.2) is 50.4 Å². The molecule has 0 aromatic carbocycles. The second kappa shape index (κ2) is 14.9.